The first kappa shape index (κ1) is 25.7. The number of nitrogens with zero attached hydrogens (tertiary/aromatic N) is 2. The van der Waals surface area contributed by atoms with Crippen LogP contribution in [0.15, 0.2) is 156 Å². The van der Waals surface area contributed by atoms with Crippen LogP contribution in [-0.2, 0) is 0 Å². The van der Waals surface area contributed by atoms with Crippen molar-refractivity contribution < 1.29 is 0 Å². The van der Waals surface area contributed by atoms with Gasteiger partial charge < -0.3 is 9.80 Å². The van der Waals surface area contributed by atoms with Crippen LogP contribution in [0.4, 0.5) is 22.7 Å². The highest BCUT2D eigenvalue weighted by atomic mass is 15.2. The van der Waals surface area contributed by atoms with Crippen molar-refractivity contribution in [1.29, 1.82) is 0 Å². The van der Waals surface area contributed by atoms with Crippen LogP contribution in [0.25, 0.3) is 0 Å². The molecule has 4 aromatic rings. The molecule has 0 saturated carbocycles. The van der Waals surface area contributed by atoms with Crippen LogP contribution in [0.1, 0.15) is 36.8 Å². The Morgan fingerprint density at radius 2 is 0.800 bits per heavy atom. The molecule has 6 rings (SSSR count). The Morgan fingerprint density at radius 1 is 0.400 bits per heavy atom. The van der Waals surface area contributed by atoms with E-state index in [1.165, 1.54) is 56.4 Å². The van der Waals surface area contributed by atoms with E-state index < -0.39 is 0 Å². The van der Waals surface area contributed by atoms with E-state index in [0.717, 1.165) is 25.7 Å². The van der Waals surface area contributed by atoms with Crippen LogP contribution in [0.2, 0.25) is 0 Å². The fourth-order valence-electron chi connectivity index (χ4n) is 5.81. The molecule has 0 atom stereocenters. The fourth-order valence-corrected chi connectivity index (χ4v) is 5.81. The highest BCUT2D eigenvalue weighted by molar-refractivity contribution is 5.71. The minimum atomic E-state index is 1.02. The van der Waals surface area contributed by atoms with Gasteiger partial charge in [0.05, 0.1) is 0 Å². The summed E-state index contributed by atoms with van der Waals surface area (Å²) in [6, 6.07) is 39.0. The quantitative estimate of drug-likeness (QED) is 0.239. The third kappa shape index (κ3) is 5.58. The van der Waals surface area contributed by atoms with Crippen molar-refractivity contribution in [1.82, 2.24) is 0 Å². The minimum Gasteiger partial charge on any atom is -0.314 e. The van der Waals surface area contributed by atoms with E-state index in [4.69, 9.17) is 0 Å². The maximum absolute atomic E-state index is 2.41. The molecule has 2 aliphatic carbocycles. The molecule has 40 heavy (non-hydrogen) atoms. The third-order valence-electron chi connectivity index (χ3n) is 7.79. The molecule has 2 aliphatic rings. The van der Waals surface area contributed by atoms with Gasteiger partial charge in [0.25, 0.3) is 0 Å². The number of benzene rings is 4. The molecule has 0 amide bonds. The van der Waals surface area contributed by atoms with Gasteiger partial charge in [-0.1, -0.05) is 72.8 Å². The van der Waals surface area contributed by atoms with Crippen LogP contribution >= 0.6 is 0 Å². The van der Waals surface area contributed by atoms with Gasteiger partial charge in [0.15, 0.2) is 0 Å². The molecule has 0 spiro atoms. The van der Waals surface area contributed by atoms with E-state index >= 15 is 0 Å². The number of aryl methyl sites for hydroxylation is 2. The first-order valence-corrected chi connectivity index (χ1v) is 14.3. The van der Waals surface area contributed by atoms with Crippen molar-refractivity contribution in [2.45, 2.75) is 39.5 Å². The number of rotatable bonds is 7. The molecule has 0 radical (unpaired) electrons. The monoisotopic (exact) mass is 520 g/mol. The first-order chi connectivity index (χ1) is 19.7. The SMILES string of the molecule is Cc1cccc(N(C2=CC=C(C3=CC=C(N(c4ccccc4)c4cccc(C)c4)CC3)CC2)c2ccccc2)c1. The summed E-state index contributed by atoms with van der Waals surface area (Å²) >= 11 is 0. The van der Waals surface area contributed by atoms with E-state index in [1.54, 1.807) is 0 Å². The van der Waals surface area contributed by atoms with Gasteiger partial charge in [-0.2, -0.15) is 0 Å². The molecular weight excluding hydrogens is 484 g/mol. The molecule has 0 aliphatic heterocycles. The van der Waals surface area contributed by atoms with Gasteiger partial charge in [-0.05, 0) is 122 Å². The zero-order chi connectivity index (χ0) is 27.3. The van der Waals surface area contributed by atoms with Gasteiger partial charge in [-0.15, -0.1) is 0 Å². The molecule has 0 unspecified atom stereocenters. The zero-order valence-electron chi connectivity index (χ0n) is 23.4. The predicted molar refractivity (Wildman–Crippen MR) is 170 cm³/mol. The molecule has 198 valence electrons. The Kier molecular flexibility index (Phi) is 7.50. The standard InChI is InChI=1S/C38H36N2/c1-29-11-9-17-37(27-29)39(33-13-5-3-6-14-33)35-23-19-31(20-24-35)32-21-25-36(26-22-32)40(34-15-7-4-8-16-34)38-18-10-12-30(2)28-38/h3-19,21,23,25,27-28H,20,22,24,26H2,1-2H3. The summed E-state index contributed by atoms with van der Waals surface area (Å²) in [5, 5.41) is 0. The lowest BCUT2D eigenvalue weighted by atomic mass is 9.89. The molecule has 0 bridgehead atoms. The summed E-state index contributed by atoms with van der Waals surface area (Å²) < 4.78 is 0. The van der Waals surface area contributed by atoms with E-state index in [1.807, 2.05) is 0 Å². The van der Waals surface area contributed by atoms with Crippen molar-refractivity contribution in [2.75, 3.05) is 9.80 Å². The Balaban J connectivity index is 1.30. The summed E-state index contributed by atoms with van der Waals surface area (Å²) in [6.07, 6.45) is 13.5. The van der Waals surface area contributed by atoms with Gasteiger partial charge in [-0.25, -0.2) is 0 Å². The summed E-state index contributed by atoms with van der Waals surface area (Å²) in [5.41, 5.74) is 13.0. The topological polar surface area (TPSA) is 6.48 Å². The van der Waals surface area contributed by atoms with Crippen molar-refractivity contribution >= 4 is 22.7 Å². The number of hydrogen-bond donors (Lipinski definition) is 0. The highest BCUT2D eigenvalue weighted by Crippen LogP contribution is 2.39. The number of allylic oxidation sites excluding steroid dienone is 8. The predicted octanol–water partition coefficient (Wildman–Crippen LogP) is 10.5. The van der Waals surface area contributed by atoms with Crippen molar-refractivity contribution in [3.63, 3.8) is 0 Å². The summed E-state index contributed by atoms with van der Waals surface area (Å²) in [6.45, 7) is 4.32. The van der Waals surface area contributed by atoms with Crippen molar-refractivity contribution in [2.24, 2.45) is 0 Å². The van der Waals surface area contributed by atoms with Crippen LogP contribution in [0.3, 0.4) is 0 Å². The smallest absolute Gasteiger partial charge is 0.0461 e. The Labute approximate surface area is 238 Å². The van der Waals surface area contributed by atoms with Crippen LogP contribution in [0, 0.1) is 13.8 Å². The fraction of sp³-hybridized carbons (Fsp3) is 0.158. The van der Waals surface area contributed by atoms with Crippen LogP contribution in [-0.4, -0.2) is 0 Å². The van der Waals surface area contributed by atoms with Gasteiger partial charge in [0.2, 0.25) is 0 Å². The van der Waals surface area contributed by atoms with E-state index in [0.29, 0.717) is 0 Å². The van der Waals surface area contributed by atoms with Gasteiger partial charge in [0.1, 0.15) is 0 Å². The highest BCUT2D eigenvalue weighted by Gasteiger charge is 2.21. The minimum absolute atomic E-state index is 1.02. The van der Waals surface area contributed by atoms with Gasteiger partial charge >= 0.3 is 0 Å². The molecule has 0 N–H and O–H groups in total. The van der Waals surface area contributed by atoms with Gasteiger partial charge in [-0.3, -0.25) is 0 Å². The lowest BCUT2D eigenvalue weighted by molar-refractivity contribution is 0.827. The van der Waals surface area contributed by atoms with Gasteiger partial charge in [0, 0.05) is 34.1 Å². The lowest BCUT2D eigenvalue weighted by Crippen LogP contribution is -2.19. The molecular formula is C38H36N2. The summed E-state index contributed by atoms with van der Waals surface area (Å²) in [4.78, 5) is 4.82. The molecule has 2 nitrogen and oxygen atoms in total. The van der Waals surface area contributed by atoms with Crippen LogP contribution < -0.4 is 9.80 Å². The first-order valence-electron chi connectivity index (χ1n) is 14.3. The van der Waals surface area contributed by atoms with E-state index in [9.17, 15) is 0 Å². The average molecular weight is 521 g/mol. The van der Waals surface area contributed by atoms with E-state index in [-0.39, 0.29) is 0 Å². The number of hydrogen-bond acceptors (Lipinski definition) is 2. The maximum atomic E-state index is 2.41. The molecule has 0 saturated heterocycles. The van der Waals surface area contributed by atoms with Crippen molar-refractivity contribution in [3.8, 4) is 0 Å². The second-order valence-electron chi connectivity index (χ2n) is 10.7. The second kappa shape index (κ2) is 11.7. The molecule has 0 aromatic heterocycles. The Morgan fingerprint density at radius 3 is 1.15 bits per heavy atom. The largest absolute Gasteiger partial charge is 0.314 e. The second-order valence-corrected chi connectivity index (χ2v) is 10.7. The Hall–Kier alpha value is -4.56. The van der Waals surface area contributed by atoms with Crippen molar-refractivity contribution in [3.05, 3.63) is 167 Å². The van der Waals surface area contributed by atoms with Crippen LogP contribution in [0.5, 0.6) is 0 Å². The Bertz CT molecular complexity index is 1480. The molecule has 0 heterocycles. The lowest BCUT2D eigenvalue weighted by Gasteiger charge is -2.32. The number of para-hydroxylation sites is 2. The van der Waals surface area contributed by atoms with E-state index in [2.05, 4.69) is 157 Å². The average Bonchev–Trinajstić information content (AvgIpc) is 3.00. The maximum Gasteiger partial charge on any atom is 0.0461 e. The normalized spacial score (nSPS) is 14.9. The summed E-state index contributed by atoms with van der Waals surface area (Å²) in [5.74, 6) is 0. The molecule has 4 aromatic carbocycles. The molecule has 2 heteroatoms. The third-order valence-corrected chi connectivity index (χ3v) is 7.79. The molecule has 0 fully saturated rings. The zero-order valence-corrected chi connectivity index (χ0v) is 23.4. The number of anilines is 4. The summed E-state index contributed by atoms with van der Waals surface area (Å²) in [7, 11) is 0.